The van der Waals surface area contributed by atoms with Gasteiger partial charge in [0, 0.05) is 5.56 Å². The molecule has 0 heterocycles. The lowest BCUT2D eigenvalue weighted by atomic mass is 10.0. The smallest absolute Gasteiger partial charge is 0.127 e. The highest BCUT2D eigenvalue weighted by molar-refractivity contribution is 5.70. The zero-order valence-electron chi connectivity index (χ0n) is 13.1. The molecule has 0 aliphatic carbocycles. The summed E-state index contributed by atoms with van der Waals surface area (Å²) in [5.74, 6) is 0.862. The van der Waals surface area contributed by atoms with Gasteiger partial charge in [0.1, 0.15) is 12.4 Å². The molecule has 116 valence electrons. The third kappa shape index (κ3) is 3.79. The first-order chi connectivity index (χ1) is 11.2. The fourth-order valence-electron chi connectivity index (χ4n) is 2.51. The Morgan fingerprint density at radius 3 is 2.17 bits per heavy atom. The monoisotopic (exact) mass is 304 g/mol. The van der Waals surface area contributed by atoms with Crippen LogP contribution in [0, 0.1) is 0 Å². The Morgan fingerprint density at radius 2 is 1.48 bits per heavy atom. The van der Waals surface area contributed by atoms with Gasteiger partial charge in [-0.2, -0.15) is 0 Å². The van der Waals surface area contributed by atoms with Crippen LogP contribution < -0.4 is 4.74 Å². The molecule has 0 aromatic heterocycles. The van der Waals surface area contributed by atoms with E-state index in [9.17, 15) is 5.11 Å². The average Bonchev–Trinajstić information content (AvgIpc) is 2.61. The summed E-state index contributed by atoms with van der Waals surface area (Å²) in [6, 6.07) is 26.1. The second-order valence-electron chi connectivity index (χ2n) is 5.57. The molecule has 0 radical (unpaired) electrons. The highest BCUT2D eigenvalue weighted by atomic mass is 16.5. The first-order valence-electron chi connectivity index (χ1n) is 7.78. The van der Waals surface area contributed by atoms with Crippen molar-refractivity contribution >= 4 is 0 Å². The average molecular weight is 304 g/mol. The minimum absolute atomic E-state index is 0.450. The quantitative estimate of drug-likeness (QED) is 0.720. The Balaban J connectivity index is 1.82. The fraction of sp³-hybridized carbons (Fsp3) is 0.143. The van der Waals surface area contributed by atoms with Crippen molar-refractivity contribution in [2.24, 2.45) is 0 Å². The number of hydrogen-bond acceptors (Lipinski definition) is 2. The van der Waals surface area contributed by atoms with E-state index < -0.39 is 6.10 Å². The van der Waals surface area contributed by atoms with Crippen LogP contribution >= 0.6 is 0 Å². The van der Waals surface area contributed by atoms with Crippen LogP contribution in [0.1, 0.15) is 24.2 Å². The molecule has 0 aliphatic rings. The SMILES string of the molecule is CC(O)c1ccc(-c2ccccc2OCc2ccccc2)cc1. The van der Waals surface area contributed by atoms with Crippen molar-refractivity contribution in [2.45, 2.75) is 19.6 Å². The largest absolute Gasteiger partial charge is 0.488 e. The third-order valence-electron chi connectivity index (χ3n) is 3.83. The first-order valence-corrected chi connectivity index (χ1v) is 7.78. The third-order valence-corrected chi connectivity index (χ3v) is 3.83. The second-order valence-corrected chi connectivity index (χ2v) is 5.57. The number of benzene rings is 3. The molecule has 0 aliphatic heterocycles. The zero-order valence-corrected chi connectivity index (χ0v) is 13.1. The lowest BCUT2D eigenvalue weighted by molar-refractivity contribution is 0.199. The van der Waals surface area contributed by atoms with Gasteiger partial charge in [0.15, 0.2) is 0 Å². The summed E-state index contributed by atoms with van der Waals surface area (Å²) >= 11 is 0. The van der Waals surface area contributed by atoms with Crippen LogP contribution in [-0.2, 0) is 6.61 Å². The minimum Gasteiger partial charge on any atom is -0.488 e. The molecule has 1 atom stereocenters. The Labute approximate surface area is 137 Å². The predicted molar refractivity (Wildman–Crippen MR) is 93.3 cm³/mol. The van der Waals surface area contributed by atoms with Gasteiger partial charge in [0.05, 0.1) is 6.10 Å². The summed E-state index contributed by atoms with van der Waals surface area (Å²) in [4.78, 5) is 0. The molecular formula is C21H20O2. The summed E-state index contributed by atoms with van der Waals surface area (Å²) in [6.07, 6.45) is -0.450. The van der Waals surface area contributed by atoms with Crippen molar-refractivity contribution < 1.29 is 9.84 Å². The lowest BCUT2D eigenvalue weighted by Crippen LogP contribution is -1.97. The lowest BCUT2D eigenvalue weighted by Gasteiger charge is -2.12. The molecule has 1 unspecified atom stereocenters. The van der Waals surface area contributed by atoms with Crippen molar-refractivity contribution in [3.05, 3.63) is 90.0 Å². The first kappa shape index (κ1) is 15.3. The zero-order chi connectivity index (χ0) is 16.1. The van der Waals surface area contributed by atoms with Gasteiger partial charge in [-0.1, -0.05) is 72.8 Å². The number of aliphatic hydroxyl groups is 1. The summed E-state index contributed by atoms with van der Waals surface area (Å²) in [5, 5.41) is 9.63. The topological polar surface area (TPSA) is 29.5 Å². The predicted octanol–water partition coefficient (Wildman–Crippen LogP) is 4.99. The van der Waals surface area contributed by atoms with Crippen molar-refractivity contribution in [3.8, 4) is 16.9 Å². The maximum atomic E-state index is 9.63. The van der Waals surface area contributed by atoms with E-state index in [0.29, 0.717) is 6.61 Å². The van der Waals surface area contributed by atoms with Crippen LogP contribution in [0.3, 0.4) is 0 Å². The van der Waals surface area contributed by atoms with Crippen LogP contribution in [0.15, 0.2) is 78.9 Å². The van der Waals surface area contributed by atoms with Gasteiger partial charge >= 0.3 is 0 Å². The molecule has 0 amide bonds. The Bertz CT molecular complexity index is 746. The second kappa shape index (κ2) is 7.12. The van der Waals surface area contributed by atoms with Gasteiger partial charge < -0.3 is 9.84 Å². The summed E-state index contributed by atoms with van der Waals surface area (Å²) in [7, 11) is 0. The number of aliphatic hydroxyl groups excluding tert-OH is 1. The van der Waals surface area contributed by atoms with E-state index >= 15 is 0 Å². The van der Waals surface area contributed by atoms with E-state index in [4.69, 9.17) is 4.74 Å². The molecule has 0 saturated carbocycles. The van der Waals surface area contributed by atoms with Crippen molar-refractivity contribution in [1.82, 2.24) is 0 Å². The van der Waals surface area contributed by atoms with Gasteiger partial charge in [-0.15, -0.1) is 0 Å². The van der Waals surface area contributed by atoms with Gasteiger partial charge in [0.25, 0.3) is 0 Å². The van der Waals surface area contributed by atoms with E-state index in [1.807, 2.05) is 60.7 Å². The summed E-state index contributed by atoms with van der Waals surface area (Å²) < 4.78 is 6.01. The molecule has 3 aromatic carbocycles. The molecule has 2 heteroatoms. The number of hydrogen-bond donors (Lipinski definition) is 1. The van der Waals surface area contributed by atoms with Crippen molar-refractivity contribution in [3.63, 3.8) is 0 Å². The molecular weight excluding hydrogens is 284 g/mol. The molecule has 0 fully saturated rings. The van der Waals surface area contributed by atoms with Crippen LogP contribution in [0.2, 0.25) is 0 Å². The Hall–Kier alpha value is -2.58. The maximum absolute atomic E-state index is 9.63. The number of ether oxygens (including phenoxy) is 1. The standard InChI is InChI=1S/C21H20O2/c1-16(22)18-11-13-19(14-12-18)20-9-5-6-10-21(20)23-15-17-7-3-2-4-8-17/h2-14,16,22H,15H2,1H3. The molecule has 1 N–H and O–H groups in total. The molecule has 3 aromatic rings. The highest BCUT2D eigenvalue weighted by Crippen LogP contribution is 2.31. The number of rotatable bonds is 5. The summed E-state index contributed by atoms with van der Waals surface area (Å²) in [6.45, 7) is 2.32. The fourth-order valence-corrected chi connectivity index (χ4v) is 2.51. The Morgan fingerprint density at radius 1 is 0.826 bits per heavy atom. The molecule has 3 rings (SSSR count). The van der Waals surface area contributed by atoms with E-state index in [1.165, 1.54) is 0 Å². The van der Waals surface area contributed by atoms with Gasteiger partial charge in [0.2, 0.25) is 0 Å². The van der Waals surface area contributed by atoms with Gasteiger partial charge in [-0.3, -0.25) is 0 Å². The minimum atomic E-state index is -0.450. The number of para-hydroxylation sites is 1. The molecule has 0 saturated heterocycles. The van der Waals surface area contributed by atoms with Gasteiger partial charge in [-0.25, -0.2) is 0 Å². The van der Waals surface area contributed by atoms with E-state index in [1.54, 1.807) is 6.92 Å². The van der Waals surface area contributed by atoms with Crippen LogP contribution in [0.25, 0.3) is 11.1 Å². The molecule has 2 nitrogen and oxygen atoms in total. The summed E-state index contributed by atoms with van der Waals surface area (Å²) in [5.41, 5.74) is 4.20. The highest BCUT2D eigenvalue weighted by Gasteiger charge is 2.07. The van der Waals surface area contributed by atoms with E-state index in [0.717, 1.165) is 28.0 Å². The normalized spacial score (nSPS) is 11.9. The van der Waals surface area contributed by atoms with Crippen molar-refractivity contribution in [1.29, 1.82) is 0 Å². The molecule has 23 heavy (non-hydrogen) atoms. The van der Waals surface area contributed by atoms with Gasteiger partial charge in [-0.05, 0) is 29.7 Å². The molecule has 0 bridgehead atoms. The van der Waals surface area contributed by atoms with Crippen LogP contribution in [-0.4, -0.2) is 5.11 Å². The van der Waals surface area contributed by atoms with Crippen LogP contribution in [0.4, 0.5) is 0 Å². The van der Waals surface area contributed by atoms with E-state index in [-0.39, 0.29) is 0 Å². The maximum Gasteiger partial charge on any atom is 0.127 e. The van der Waals surface area contributed by atoms with E-state index in [2.05, 4.69) is 18.2 Å². The molecule has 0 spiro atoms. The van der Waals surface area contributed by atoms with Crippen LogP contribution in [0.5, 0.6) is 5.75 Å². The van der Waals surface area contributed by atoms with Crippen molar-refractivity contribution in [2.75, 3.05) is 0 Å². The Kier molecular flexibility index (Phi) is 4.74.